The first kappa shape index (κ1) is 18.3. The van der Waals surface area contributed by atoms with Gasteiger partial charge in [0.1, 0.15) is 11.5 Å². The summed E-state index contributed by atoms with van der Waals surface area (Å²) >= 11 is 0. The Labute approximate surface area is 164 Å². The van der Waals surface area contributed by atoms with Crippen molar-refractivity contribution < 1.29 is 13.9 Å². The maximum atomic E-state index is 13.0. The third kappa shape index (κ3) is 3.94. The number of methoxy groups -OCH3 is 1. The molecule has 0 bridgehead atoms. The quantitative estimate of drug-likeness (QED) is 0.685. The Balaban J connectivity index is 1.51. The lowest BCUT2D eigenvalue weighted by Gasteiger charge is -2.23. The van der Waals surface area contributed by atoms with Gasteiger partial charge in [0.2, 0.25) is 5.91 Å². The van der Waals surface area contributed by atoms with Crippen molar-refractivity contribution >= 4 is 11.6 Å². The van der Waals surface area contributed by atoms with E-state index in [0.29, 0.717) is 6.54 Å². The molecule has 5 heteroatoms. The van der Waals surface area contributed by atoms with Gasteiger partial charge in [0, 0.05) is 11.3 Å². The molecule has 3 aromatic rings. The number of hydrogen-bond donors (Lipinski definition) is 1. The fourth-order valence-corrected chi connectivity index (χ4v) is 3.75. The number of para-hydroxylation sites is 1. The molecule has 0 saturated carbocycles. The van der Waals surface area contributed by atoms with E-state index >= 15 is 0 Å². The summed E-state index contributed by atoms with van der Waals surface area (Å²) in [5, 5.41) is 3.15. The van der Waals surface area contributed by atoms with Crippen molar-refractivity contribution in [2.75, 3.05) is 19.0 Å². The molecule has 4 rings (SSSR count). The standard InChI is InChI=1S/C23H24N2O3/c1-27-18-12-10-17(11-13-18)20-7-2-3-8-21(20)24-23(26)22-9-4-14-25(22)16-19-6-5-15-28-19/h2-3,5-8,10-13,15,22H,4,9,14,16H2,1H3,(H,24,26)/t22-/m1/s1. The van der Waals surface area contributed by atoms with Crippen LogP contribution in [-0.4, -0.2) is 30.5 Å². The highest BCUT2D eigenvalue weighted by Gasteiger charge is 2.31. The maximum absolute atomic E-state index is 13.0. The molecule has 0 aliphatic carbocycles. The molecule has 0 unspecified atom stereocenters. The molecular weight excluding hydrogens is 352 g/mol. The summed E-state index contributed by atoms with van der Waals surface area (Å²) in [6.45, 7) is 1.56. The average Bonchev–Trinajstić information content (AvgIpc) is 3.41. The number of ether oxygens (including phenoxy) is 1. The zero-order chi connectivity index (χ0) is 19.3. The second-order valence-electron chi connectivity index (χ2n) is 6.97. The third-order valence-corrected chi connectivity index (χ3v) is 5.19. The fourth-order valence-electron chi connectivity index (χ4n) is 3.75. The van der Waals surface area contributed by atoms with Crippen LogP contribution in [0.5, 0.6) is 5.75 Å². The Morgan fingerprint density at radius 1 is 1.14 bits per heavy atom. The van der Waals surface area contributed by atoms with Crippen LogP contribution in [0.25, 0.3) is 11.1 Å². The molecule has 2 aromatic carbocycles. The molecule has 144 valence electrons. The Morgan fingerprint density at radius 2 is 1.96 bits per heavy atom. The number of nitrogens with zero attached hydrogens (tertiary/aromatic N) is 1. The Kier molecular flexibility index (Phi) is 5.44. The predicted molar refractivity (Wildman–Crippen MR) is 109 cm³/mol. The van der Waals surface area contributed by atoms with Crippen LogP contribution in [0.4, 0.5) is 5.69 Å². The summed E-state index contributed by atoms with van der Waals surface area (Å²) in [6.07, 6.45) is 3.54. The van der Waals surface area contributed by atoms with Gasteiger partial charge in [-0.3, -0.25) is 9.69 Å². The molecule has 1 amide bonds. The van der Waals surface area contributed by atoms with E-state index < -0.39 is 0 Å². The highest BCUT2D eigenvalue weighted by atomic mass is 16.5. The van der Waals surface area contributed by atoms with E-state index in [-0.39, 0.29) is 11.9 Å². The molecule has 1 N–H and O–H groups in total. The maximum Gasteiger partial charge on any atom is 0.241 e. The zero-order valence-electron chi connectivity index (χ0n) is 15.9. The molecule has 1 aromatic heterocycles. The van der Waals surface area contributed by atoms with E-state index in [4.69, 9.17) is 9.15 Å². The van der Waals surface area contributed by atoms with Crippen LogP contribution in [0.3, 0.4) is 0 Å². The van der Waals surface area contributed by atoms with Crippen molar-refractivity contribution in [2.24, 2.45) is 0 Å². The number of carbonyl (C=O) groups excluding carboxylic acids is 1. The van der Waals surface area contributed by atoms with Crippen molar-refractivity contribution in [3.63, 3.8) is 0 Å². The fraction of sp³-hybridized carbons (Fsp3) is 0.261. The van der Waals surface area contributed by atoms with Gasteiger partial charge in [-0.1, -0.05) is 30.3 Å². The number of carbonyl (C=O) groups is 1. The average molecular weight is 376 g/mol. The summed E-state index contributed by atoms with van der Waals surface area (Å²) in [7, 11) is 1.65. The molecule has 2 heterocycles. The van der Waals surface area contributed by atoms with Crippen molar-refractivity contribution in [1.82, 2.24) is 4.90 Å². The van der Waals surface area contributed by atoms with E-state index in [0.717, 1.165) is 47.7 Å². The minimum Gasteiger partial charge on any atom is -0.497 e. The second-order valence-corrected chi connectivity index (χ2v) is 6.97. The number of anilines is 1. The van der Waals surface area contributed by atoms with E-state index in [1.165, 1.54) is 0 Å². The number of hydrogen-bond acceptors (Lipinski definition) is 4. The van der Waals surface area contributed by atoms with Gasteiger partial charge in [-0.05, 0) is 55.3 Å². The number of amides is 1. The van der Waals surface area contributed by atoms with Crippen LogP contribution in [-0.2, 0) is 11.3 Å². The van der Waals surface area contributed by atoms with Gasteiger partial charge < -0.3 is 14.5 Å². The molecular formula is C23H24N2O3. The molecule has 5 nitrogen and oxygen atoms in total. The first-order chi connectivity index (χ1) is 13.7. The summed E-state index contributed by atoms with van der Waals surface area (Å²) < 4.78 is 10.7. The largest absolute Gasteiger partial charge is 0.497 e. The van der Waals surface area contributed by atoms with Gasteiger partial charge in [0.05, 0.1) is 26.0 Å². The molecule has 28 heavy (non-hydrogen) atoms. The number of benzene rings is 2. The Hall–Kier alpha value is -3.05. The van der Waals surface area contributed by atoms with Crippen molar-refractivity contribution in [3.05, 3.63) is 72.7 Å². The van der Waals surface area contributed by atoms with Crippen LogP contribution in [0.15, 0.2) is 71.3 Å². The number of rotatable bonds is 6. The first-order valence-electron chi connectivity index (χ1n) is 9.55. The van der Waals surface area contributed by atoms with Crippen LogP contribution in [0.1, 0.15) is 18.6 Å². The van der Waals surface area contributed by atoms with Crippen LogP contribution >= 0.6 is 0 Å². The van der Waals surface area contributed by atoms with Gasteiger partial charge in [-0.2, -0.15) is 0 Å². The topological polar surface area (TPSA) is 54.7 Å². The number of likely N-dealkylation sites (tertiary alicyclic amines) is 1. The normalized spacial score (nSPS) is 16.8. The molecule has 1 aliphatic heterocycles. The van der Waals surface area contributed by atoms with E-state index in [9.17, 15) is 4.79 Å². The summed E-state index contributed by atoms with van der Waals surface area (Å²) in [6, 6.07) is 19.4. The van der Waals surface area contributed by atoms with E-state index in [1.54, 1.807) is 13.4 Å². The third-order valence-electron chi connectivity index (χ3n) is 5.19. The zero-order valence-corrected chi connectivity index (χ0v) is 15.9. The minimum absolute atomic E-state index is 0.0324. The van der Waals surface area contributed by atoms with Gasteiger partial charge >= 0.3 is 0 Å². The Morgan fingerprint density at radius 3 is 2.71 bits per heavy atom. The lowest BCUT2D eigenvalue weighted by Crippen LogP contribution is -2.39. The molecule has 1 atom stereocenters. The van der Waals surface area contributed by atoms with Crippen molar-refractivity contribution in [2.45, 2.75) is 25.4 Å². The Bertz CT molecular complexity index is 919. The van der Waals surface area contributed by atoms with E-state index in [2.05, 4.69) is 10.2 Å². The minimum atomic E-state index is -0.144. The van der Waals surface area contributed by atoms with Gasteiger partial charge in [-0.25, -0.2) is 0 Å². The lowest BCUT2D eigenvalue weighted by atomic mass is 10.0. The molecule has 0 radical (unpaired) electrons. The highest BCUT2D eigenvalue weighted by Crippen LogP contribution is 2.30. The SMILES string of the molecule is COc1ccc(-c2ccccc2NC(=O)[C@H]2CCCN2Cc2ccco2)cc1. The highest BCUT2D eigenvalue weighted by molar-refractivity contribution is 5.98. The lowest BCUT2D eigenvalue weighted by molar-refractivity contribution is -0.120. The van der Waals surface area contributed by atoms with E-state index in [1.807, 2.05) is 60.7 Å². The number of furan rings is 1. The summed E-state index contributed by atoms with van der Waals surface area (Å²) in [5.74, 6) is 1.73. The number of nitrogens with one attached hydrogen (secondary N) is 1. The monoisotopic (exact) mass is 376 g/mol. The molecule has 1 aliphatic rings. The van der Waals surface area contributed by atoms with Crippen molar-refractivity contribution in [3.8, 4) is 16.9 Å². The second kappa shape index (κ2) is 8.31. The summed E-state index contributed by atoms with van der Waals surface area (Å²) in [4.78, 5) is 15.2. The summed E-state index contributed by atoms with van der Waals surface area (Å²) in [5.41, 5.74) is 2.85. The van der Waals surface area contributed by atoms with Gasteiger partial charge in [-0.15, -0.1) is 0 Å². The van der Waals surface area contributed by atoms with Crippen LogP contribution in [0, 0.1) is 0 Å². The van der Waals surface area contributed by atoms with Crippen LogP contribution < -0.4 is 10.1 Å². The van der Waals surface area contributed by atoms with Crippen molar-refractivity contribution in [1.29, 1.82) is 0 Å². The van der Waals surface area contributed by atoms with Crippen LogP contribution in [0.2, 0.25) is 0 Å². The van der Waals surface area contributed by atoms with Gasteiger partial charge in [0.25, 0.3) is 0 Å². The molecule has 1 saturated heterocycles. The smallest absolute Gasteiger partial charge is 0.241 e. The predicted octanol–water partition coefficient (Wildman–Crippen LogP) is 4.56. The first-order valence-corrected chi connectivity index (χ1v) is 9.55. The molecule has 0 spiro atoms. The van der Waals surface area contributed by atoms with Gasteiger partial charge in [0.15, 0.2) is 0 Å². The molecule has 1 fully saturated rings.